The Bertz CT molecular complexity index is 259. The molecule has 1 rings (SSSR count). The maximum atomic E-state index is 9.74. The first-order valence-corrected chi connectivity index (χ1v) is 4.14. The van der Waals surface area contributed by atoms with Crippen molar-refractivity contribution in [2.45, 2.75) is 39.4 Å². The number of hydrogen-bond donors (Lipinski definition) is 2. The molecule has 0 radical (unpaired) electrons. The van der Waals surface area contributed by atoms with Crippen molar-refractivity contribution in [2.24, 2.45) is 0 Å². The summed E-state index contributed by atoms with van der Waals surface area (Å²) in [5.41, 5.74) is 1.88. The summed E-state index contributed by atoms with van der Waals surface area (Å²) in [5, 5.41) is 19.4. The van der Waals surface area contributed by atoms with Crippen molar-refractivity contribution in [2.75, 3.05) is 0 Å². The van der Waals surface area contributed by atoms with E-state index in [4.69, 9.17) is 0 Å². The van der Waals surface area contributed by atoms with Crippen LogP contribution >= 0.6 is 0 Å². The average Bonchev–Trinajstić information content (AvgIpc) is 1.97. The molecule has 0 saturated heterocycles. The van der Waals surface area contributed by atoms with Gasteiger partial charge in [0, 0.05) is 0 Å². The highest BCUT2D eigenvalue weighted by Crippen LogP contribution is 2.30. The average molecular weight is 168 g/mol. The number of aliphatic hydroxyl groups is 2. The Hall–Kier alpha value is -0.600. The maximum absolute atomic E-state index is 9.74. The second-order valence-electron chi connectivity index (χ2n) is 3.76. The summed E-state index contributed by atoms with van der Waals surface area (Å²) in [6.07, 6.45) is 0.946. The number of rotatable bonds is 0. The molecule has 68 valence electrons. The van der Waals surface area contributed by atoms with Crippen LogP contribution in [0.4, 0.5) is 0 Å². The Morgan fingerprint density at radius 1 is 1.33 bits per heavy atom. The van der Waals surface area contributed by atoms with E-state index in [-0.39, 0.29) is 0 Å². The maximum Gasteiger partial charge on any atom is 0.110 e. The minimum absolute atomic E-state index is 0.763. The number of hydrogen-bond acceptors (Lipinski definition) is 2. The molecule has 0 aliphatic heterocycles. The molecule has 0 aromatic carbocycles. The number of allylic oxidation sites excluding steroid dienone is 2. The molecule has 1 aliphatic rings. The molecule has 2 heteroatoms. The summed E-state index contributed by atoms with van der Waals surface area (Å²) in [7, 11) is 0. The third-order valence-electron chi connectivity index (χ3n) is 2.66. The van der Waals surface area contributed by atoms with Crippen LogP contribution in [0.5, 0.6) is 0 Å². The van der Waals surface area contributed by atoms with Gasteiger partial charge in [-0.15, -0.1) is 0 Å². The molecule has 2 unspecified atom stereocenters. The van der Waals surface area contributed by atoms with Crippen LogP contribution in [0, 0.1) is 0 Å². The quantitative estimate of drug-likeness (QED) is 0.574. The molecule has 0 aromatic rings. The van der Waals surface area contributed by atoms with Gasteiger partial charge in [0.25, 0.3) is 0 Å². The van der Waals surface area contributed by atoms with Crippen molar-refractivity contribution in [1.29, 1.82) is 0 Å². The molecule has 0 fully saturated rings. The topological polar surface area (TPSA) is 40.5 Å². The van der Waals surface area contributed by atoms with Crippen molar-refractivity contribution in [3.8, 4) is 0 Å². The van der Waals surface area contributed by atoms with Gasteiger partial charge in [-0.3, -0.25) is 0 Å². The Labute approximate surface area is 73.2 Å². The third-order valence-corrected chi connectivity index (χ3v) is 2.66. The molecule has 12 heavy (non-hydrogen) atoms. The van der Waals surface area contributed by atoms with E-state index in [2.05, 4.69) is 0 Å². The molecule has 1 aliphatic carbocycles. The zero-order valence-electron chi connectivity index (χ0n) is 8.05. The van der Waals surface area contributed by atoms with Crippen LogP contribution < -0.4 is 0 Å². The fourth-order valence-electron chi connectivity index (χ4n) is 1.58. The smallest absolute Gasteiger partial charge is 0.110 e. The Kier molecular flexibility index (Phi) is 2.15. The SMILES string of the molecule is CC1=CC(C)(O)C(O)C(C)=C1C. The molecule has 0 spiro atoms. The van der Waals surface area contributed by atoms with Crippen molar-refractivity contribution < 1.29 is 10.2 Å². The van der Waals surface area contributed by atoms with Gasteiger partial charge in [-0.25, -0.2) is 0 Å². The summed E-state index contributed by atoms with van der Waals surface area (Å²) in [6.45, 7) is 7.38. The van der Waals surface area contributed by atoms with Crippen LogP contribution in [0.1, 0.15) is 27.7 Å². The monoisotopic (exact) mass is 168 g/mol. The van der Waals surface area contributed by atoms with Crippen LogP contribution in [0.25, 0.3) is 0 Å². The first-order valence-electron chi connectivity index (χ1n) is 4.14. The molecule has 0 amide bonds. The highest BCUT2D eigenvalue weighted by atomic mass is 16.3. The fraction of sp³-hybridized carbons (Fsp3) is 0.600. The van der Waals surface area contributed by atoms with Crippen LogP contribution in [0.3, 0.4) is 0 Å². The van der Waals surface area contributed by atoms with E-state index in [1.807, 2.05) is 20.8 Å². The second-order valence-corrected chi connectivity index (χ2v) is 3.76. The van der Waals surface area contributed by atoms with Gasteiger partial charge in [-0.1, -0.05) is 0 Å². The summed E-state index contributed by atoms with van der Waals surface area (Å²) in [4.78, 5) is 0. The van der Waals surface area contributed by atoms with Crippen molar-refractivity contribution in [1.82, 2.24) is 0 Å². The fourth-order valence-corrected chi connectivity index (χ4v) is 1.58. The molecular formula is C10H16O2. The highest BCUT2D eigenvalue weighted by Gasteiger charge is 2.33. The van der Waals surface area contributed by atoms with E-state index in [0.29, 0.717) is 0 Å². The zero-order valence-corrected chi connectivity index (χ0v) is 8.05. The van der Waals surface area contributed by atoms with Crippen molar-refractivity contribution in [3.05, 3.63) is 22.8 Å². The molecule has 0 aromatic heterocycles. The van der Waals surface area contributed by atoms with E-state index in [0.717, 1.165) is 16.7 Å². The van der Waals surface area contributed by atoms with Crippen LogP contribution in [-0.4, -0.2) is 21.9 Å². The van der Waals surface area contributed by atoms with Crippen molar-refractivity contribution >= 4 is 0 Å². The normalized spacial score (nSPS) is 36.8. The molecule has 0 saturated carbocycles. The Morgan fingerprint density at radius 3 is 2.33 bits per heavy atom. The van der Waals surface area contributed by atoms with Gasteiger partial charge in [0.15, 0.2) is 0 Å². The van der Waals surface area contributed by atoms with Gasteiger partial charge in [0.1, 0.15) is 11.7 Å². The lowest BCUT2D eigenvalue weighted by atomic mass is 9.82. The molecule has 2 atom stereocenters. The van der Waals surface area contributed by atoms with Gasteiger partial charge in [0.2, 0.25) is 0 Å². The van der Waals surface area contributed by atoms with E-state index in [9.17, 15) is 10.2 Å². The molecule has 2 N–H and O–H groups in total. The van der Waals surface area contributed by atoms with E-state index in [1.165, 1.54) is 0 Å². The first-order chi connectivity index (χ1) is 5.36. The molecule has 0 heterocycles. The minimum atomic E-state index is -1.10. The van der Waals surface area contributed by atoms with E-state index in [1.54, 1.807) is 13.0 Å². The van der Waals surface area contributed by atoms with Gasteiger partial charge in [-0.05, 0) is 50.5 Å². The van der Waals surface area contributed by atoms with Gasteiger partial charge < -0.3 is 10.2 Å². The van der Waals surface area contributed by atoms with Crippen molar-refractivity contribution in [3.63, 3.8) is 0 Å². The summed E-state index contributed by atoms with van der Waals surface area (Å²) in [5.74, 6) is 0. The van der Waals surface area contributed by atoms with Crippen LogP contribution in [0.15, 0.2) is 22.8 Å². The van der Waals surface area contributed by atoms with E-state index >= 15 is 0 Å². The zero-order chi connectivity index (χ0) is 9.52. The van der Waals surface area contributed by atoms with Crippen LogP contribution in [-0.2, 0) is 0 Å². The van der Waals surface area contributed by atoms with E-state index < -0.39 is 11.7 Å². The van der Waals surface area contributed by atoms with Gasteiger partial charge >= 0.3 is 0 Å². The van der Waals surface area contributed by atoms with Gasteiger partial charge in [0.05, 0.1) is 0 Å². The standard InChI is InChI=1S/C10H16O2/c1-6-5-10(4,12)9(11)8(3)7(6)2/h5,9,11-12H,1-4H3. The van der Waals surface area contributed by atoms with Crippen LogP contribution in [0.2, 0.25) is 0 Å². The lowest BCUT2D eigenvalue weighted by Crippen LogP contribution is -2.40. The largest absolute Gasteiger partial charge is 0.385 e. The molecule has 0 bridgehead atoms. The summed E-state index contributed by atoms with van der Waals surface area (Å²) in [6, 6.07) is 0. The first kappa shape index (κ1) is 9.49. The Balaban J connectivity index is 3.15. The highest BCUT2D eigenvalue weighted by molar-refractivity contribution is 5.41. The second kappa shape index (κ2) is 2.71. The molecular weight excluding hydrogens is 152 g/mol. The minimum Gasteiger partial charge on any atom is -0.385 e. The molecule has 2 nitrogen and oxygen atoms in total. The summed E-state index contributed by atoms with van der Waals surface area (Å²) >= 11 is 0. The predicted molar refractivity (Wildman–Crippen MR) is 48.8 cm³/mol. The van der Waals surface area contributed by atoms with Gasteiger partial charge in [-0.2, -0.15) is 0 Å². The number of aliphatic hydroxyl groups excluding tert-OH is 1. The Morgan fingerprint density at radius 2 is 1.83 bits per heavy atom. The lowest BCUT2D eigenvalue weighted by Gasteiger charge is -2.32. The third kappa shape index (κ3) is 1.32. The summed E-state index contributed by atoms with van der Waals surface area (Å²) < 4.78 is 0. The lowest BCUT2D eigenvalue weighted by molar-refractivity contribution is -0.00848. The predicted octanol–water partition coefficient (Wildman–Crippen LogP) is 1.39.